The normalized spacial score (nSPS) is 29.4. The molecule has 2 bridgehead atoms. The summed E-state index contributed by atoms with van der Waals surface area (Å²) in [6.07, 6.45) is 7.85. The van der Waals surface area contributed by atoms with Crippen molar-refractivity contribution in [2.75, 3.05) is 26.3 Å². The first kappa shape index (κ1) is 26.4. The summed E-state index contributed by atoms with van der Waals surface area (Å²) >= 11 is 0. The van der Waals surface area contributed by atoms with E-state index in [1.54, 1.807) is 22.0 Å². The highest BCUT2D eigenvalue weighted by Gasteiger charge is 2.75. The molecule has 1 spiro atoms. The molecule has 3 aliphatic rings. The molecular weight excluding hydrogens is 436 g/mol. The van der Waals surface area contributed by atoms with Gasteiger partial charge >= 0.3 is 5.97 Å². The molecule has 3 saturated heterocycles. The third kappa shape index (κ3) is 4.80. The number of carbonyl (C=O) groups excluding carboxylic acids is 3. The van der Waals surface area contributed by atoms with Crippen molar-refractivity contribution < 1.29 is 29.0 Å². The van der Waals surface area contributed by atoms with E-state index in [1.165, 1.54) is 0 Å². The standard InChI is InChI=1S/C26H40N2O6/c1-5-7-17-33-25(32)20-19-12-13-26(34-19)21(20)23(30)28(15-10-8-9-11-16-29)22(26)24(31)27(14-6-2)18(3)4/h5-6,18-22,29H,1-2,7-17H2,3-4H3/t19-,20+,21-,22?,26?/m0/s1. The highest BCUT2D eigenvalue weighted by molar-refractivity contribution is 5.98. The van der Waals surface area contributed by atoms with Gasteiger partial charge in [0.15, 0.2) is 0 Å². The predicted molar refractivity (Wildman–Crippen MR) is 128 cm³/mol. The second-order valence-corrected chi connectivity index (χ2v) is 9.84. The van der Waals surface area contributed by atoms with Crippen molar-refractivity contribution in [3.05, 3.63) is 25.3 Å². The van der Waals surface area contributed by atoms with E-state index in [4.69, 9.17) is 14.6 Å². The van der Waals surface area contributed by atoms with Crippen molar-refractivity contribution in [2.45, 2.75) is 82.6 Å². The van der Waals surface area contributed by atoms with Crippen LogP contribution in [0.25, 0.3) is 0 Å². The molecule has 3 fully saturated rings. The summed E-state index contributed by atoms with van der Waals surface area (Å²) in [5, 5.41) is 9.05. The van der Waals surface area contributed by atoms with Gasteiger partial charge in [0.25, 0.3) is 0 Å². The summed E-state index contributed by atoms with van der Waals surface area (Å²) in [6, 6.07) is -0.832. The number of nitrogens with zero attached hydrogens (tertiary/aromatic N) is 2. The molecule has 0 aromatic carbocycles. The number of carbonyl (C=O) groups is 3. The molecule has 1 N–H and O–H groups in total. The lowest BCUT2D eigenvalue weighted by molar-refractivity contribution is -0.155. The largest absolute Gasteiger partial charge is 0.465 e. The molecule has 0 radical (unpaired) electrons. The van der Waals surface area contributed by atoms with Gasteiger partial charge in [-0.1, -0.05) is 25.0 Å². The van der Waals surface area contributed by atoms with Gasteiger partial charge in [0, 0.05) is 25.7 Å². The van der Waals surface area contributed by atoms with Crippen molar-refractivity contribution in [1.82, 2.24) is 9.80 Å². The molecule has 3 rings (SSSR count). The summed E-state index contributed by atoms with van der Waals surface area (Å²) in [5.41, 5.74) is -1.000. The van der Waals surface area contributed by atoms with E-state index in [2.05, 4.69) is 13.2 Å². The average molecular weight is 477 g/mol. The third-order valence-electron chi connectivity index (χ3n) is 7.41. The zero-order chi connectivity index (χ0) is 24.9. The highest BCUT2D eigenvalue weighted by Crippen LogP contribution is 2.58. The molecule has 3 aliphatic heterocycles. The van der Waals surface area contributed by atoms with Gasteiger partial charge in [-0.15, -0.1) is 13.2 Å². The third-order valence-corrected chi connectivity index (χ3v) is 7.41. The fourth-order valence-electron chi connectivity index (χ4n) is 5.88. The van der Waals surface area contributed by atoms with Crippen molar-refractivity contribution in [2.24, 2.45) is 11.8 Å². The van der Waals surface area contributed by atoms with Crippen molar-refractivity contribution in [3.8, 4) is 0 Å². The summed E-state index contributed by atoms with van der Waals surface area (Å²) in [5.74, 6) is -2.15. The minimum Gasteiger partial charge on any atom is -0.465 e. The quantitative estimate of drug-likeness (QED) is 0.235. The minimum absolute atomic E-state index is 0.0688. The monoisotopic (exact) mass is 476 g/mol. The van der Waals surface area contributed by atoms with Crippen molar-refractivity contribution >= 4 is 17.8 Å². The van der Waals surface area contributed by atoms with Gasteiger partial charge in [0.2, 0.25) is 11.8 Å². The second-order valence-electron chi connectivity index (χ2n) is 9.84. The number of esters is 1. The number of aliphatic hydroxyl groups excluding tert-OH is 1. The number of hydrogen-bond acceptors (Lipinski definition) is 6. The van der Waals surface area contributed by atoms with Gasteiger partial charge in [-0.05, 0) is 46.0 Å². The molecule has 0 aliphatic carbocycles. The van der Waals surface area contributed by atoms with E-state index in [1.807, 2.05) is 13.8 Å². The Hall–Kier alpha value is -2.19. The van der Waals surface area contributed by atoms with E-state index in [-0.39, 0.29) is 31.1 Å². The Morgan fingerprint density at radius 3 is 2.65 bits per heavy atom. The molecule has 8 nitrogen and oxygen atoms in total. The zero-order valence-electron chi connectivity index (χ0n) is 20.6. The molecule has 34 heavy (non-hydrogen) atoms. The van der Waals surface area contributed by atoms with Crippen LogP contribution in [0.5, 0.6) is 0 Å². The van der Waals surface area contributed by atoms with Gasteiger partial charge in [0.05, 0.1) is 24.5 Å². The van der Waals surface area contributed by atoms with E-state index in [9.17, 15) is 14.4 Å². The maximum Gasteiger partial charge on any atom is 0.312 e. The molecule has 2 amide bonds. The summed E-state index contributed by atoms with van der Waals surface area (Å²) < 4.78 is 11.9. The molecule has 5 atom stereocenters. The molecule has 190 valence electrons. The van der Waals surface area contributed by atoms with Crippen LogP contribution in [-0.2, 0) is 23.9 Å². The van der Waals surface area contributed by atoms with Crippen LogP contribution in [0.4, 0.5) is 0 Å². The molecular formula is C26H40N2O6. The summed E-state index contributed by atoms with van der Waals surface area (Å²) in [4.78, 5) is 44.1. The zero-order valence-corrected chi connectivity index (χ0v) is 20.6. The van der Waals surface area contributed by atoms with Crippen LogP contribution in [0.3, 0.4) is 0 Å². The Morgan fingerprint density at radius 2 is 2.00 bits per heavy atom. The SMILES string of the molecule is C=CCCOC(=O)[C@@H]1[C@@H]2CCC3(O2)C(C(=O)N(CC=C)C(C)C)N(CCCCCCO)C(=O)[C@H]13. The molecule has 0 aromatic rings. The average Bonchev–Trinajstić information content (AvgIpc) is 3.44. The van der Waals surface area contributed by atoms with E-state index >= 15 is 0 Å². The number of aliphatic hydroxyl groups is 1. The fraction of sp³-hybridized carbons (Fsp3) is 0.731. The second kappa shape index (κ2) is 11.5. The van der Waals surface area contributed by atoms with Crippen LogP contribution in [0.1, 0.15) is 58.8 Å². The Labute approximate surface area is 202 Å². The Morgan fingerprint density at radius 1 is 1.26 bits per heavy atom. The number of fused-ring (bicyclic) bond motifs is 1. The first-order chi connectivity index (χ1) is 16.3. The Balaban J connectivity index is 1.90. The minimum atomic E-state index is -1.000. The lowest BCUT2D eigenvalue weighted by atomic mass is 9.70. The lowest BCUT2D eigenvalue weighted by Crippen LogP contribution is -2.57. The predicted octanol–water partition coefficient (Wildman–Crippen LogP) is 2.46. The molecule has 8 heteroatoms. The van der Waals surface area contributed by atoms with Gasteiger partial charge < -0.3 is 24.4 Å². The topological polar surface area (TPSA) is 96.4 Å². The van der Waals surface area contributed by atoms with Crippen LogP contribution >= 0.6 is 0 Å². The van der Waals surface area contributed by atoms with Crippen LogP contribution in [-0.4, -0.2) is 82.8 Å². The fourth-order valence-corrected chi connectivity index (χ4v) is 5.88. The molecule has 3 heterocycles. The number of hydrogen-bond donors (Lipinski definition) is 1. The molecule has 0 aromatic heterocycles. The van der Waals surface area contributed by atoms with E-state index in [0.717, 1.165) is 19.3 Å². The highest BCUT2D eigenvalue weighted by atomic mass is 16.6. The smallest absolute Gasteiger partial charge is 0.312 e. The number of ether oxygens (including phenoxy) is 2. The number of amides is 2. The molecule has 0 saturated carbocycles. The summed E-state index contributed by atoms with van der Waals surface area (Å²) in [7, 11) is 0. The van der Waals surface area contributed by atoms with Crippen LogP contribution in [0, 0.1) is 11.8 Å². The lowest BCUT2D eigenvalue weighted by Gasteiger charge is -2.38. The first-order valence-corrected chi connectivity index (χ1v) is 12.6. The first-order valence-electron chi connectivity index (χ1n) is 12.6. The summed E-state index contributed by atoms with van der Waals surface area (Å²) in [6.45, 7) is 12.5. The van der Waals surface area contributed by atoms with E-state index in [0.29, 0.717) is 38.8 Å². The van der Waals surface area contributed by atoms with Crippen LogP contribution in [0.15, 0.2) is 25.3 Å². The van der Waals surface area contributed by atoms with Gasteiger partial charge in [-0.3, -0.25) is 14.4 Å². The Kier molecular flexibility index (Phi) is 8.93. The maximum atomic E-state index is 13.9. The van der Waals surface area contributed by atoms with Crippen molar-refractivity contribution in [1.29, 1.82) is 0 Å². The van der Waals surface area contributed by atoms with Gasteiger partial charge in [-0.2, -0.15) is 0 Å². The van der Waals surface area contributed by atoms with E-state index < -0.39 is 35.6 Å². The van der Waals surface area contributed by atoms with Gasteiger partial charge in [0.1, 0.15) is 11.6 Å². The maximum absolute atomic E-state index is 13.9. The molecule has 2 unspecified atom stereocenters. The van der Waals surface area contributed by atoms with Crippen LogP contribution in [0.2, 0.25) is 0 Å². The number of rotatable bonds is 14. The number of likely N-dealkylation sites (tertiary alicyclic amines) is 1. The van der Waals surface area contributed by atoms with Gasteiger partial charge in [-0.25, -0.2) is 0 Å². The number of unbranched alkanes of at least 4 members (excludes halogenated alkanes) is 3. The van der Waals surface area contributed by atoms with Crippen molar-refractivity contribution in [3.63, 3.8) is 0 Å². The van der Waals surface area contributed by atoms with Crippen LogP contribution < -0.4 is 0 Å². The Bertz CT molecular complexity index is 783.